The van der Waals surface area contributed by atoms with Gasteiger partial charge in [-0.05, 0) is 25.5 Å². The van der Waals surface area contributed by atoms with Crippen molar-refractivity contribution in [3.05, 3.63) is 53.1 Å². The third-order valence-electron chi connectivity index (χ3n) is 2.74. The van der Waals surface area contributed by atoms with Gasteiger partial charge in [-0.3, -0.25) is 0 Å². The van der Waals surface area contributed by atoms with Gasteiger partial charge in [0.1, 0.15) is 6.10 Å². The van der Waals surface area contributed by atoms with Crippen molar-refractivity contribution >= 4 is 12.0 Å². The van der Waals surface area contributed by atoms with Crippen LogP contribution in [0.5, 0.6) is 0 Å². The van der Waals surface area contributed by atoms with E-state index in [1.807, 2.05) is 19.1 Å². The van der Waals surface area contributed by atoms with Crippen LogP contribution in [0.4, 0.5) is 0 Å². The second-order valence-corrected chi connectivity index (χ2v) is 4.44. The van der Waals surface area contributed by atoms with Crippen LogP contribution in [0, 0.1) is 6.92 Å². The molecule has 1 aliphatic rings. The SMILES string of the molecule is CC1=CC(=O)OC(/C=C/c2ccc(C)cc2)C1. The Balaban J connectivity index is 2.04. The van der Waals surface area contributed by atoms with Crippen molar-refractivity contribution in [2.45, 2.75) is 26.4 Å². The lowest BCUT2D eigenvalue weighted by Crippen LogP contribution is -2.19. The third kappa shape index (κ3) is 3.31. The van der Waals surface area contributed by atoms with Crippen LogP contribution >= 0.6 is 0 Å². The summed E-state index contributed by atoms with van der Waals surface area (Å²) in [6, 6.07) is 8.24. The quantitative estimate of drug-likeness (QED) is 0.726. The molecule has 0 saturated carbocycles. The zero-order valence-electron chi connectivity index (χ0n) is 10.1. The molecule has 2 nitrogen and oxygen atoms in total. The lowest BCUT2D eigenvalue weighted by molar-refractivity contribution is -0.141. The van der Waals surface area contributed by atoms with E-state index in [2.05, 4.69) is 31.2 Å². The van der Waals surface area contributed by atoms with E-state index in [1.165, 1.54) is 5.56 Å². The van der Waals surface area contributed by atoms with Crippen LogP contribution in [0.15, 0.2) is 42.0 Å². The fourth-order valence-corrected chi connectivity index (χ4v) is 1.81. The van der Waals surface area contributed by atoms with Crippen molar-refractivity contribution in [1.29, 1.82) is 0 Å². The zero-order valence-corrected chi connectivity index (χ0v) is 10.1. The topological polar surface area (TPSA) is 26.3 Å². The molecule has 0 fully saturated rings. The van der Waals surface area contributed by atoms with Gasteiger partial charge < -0.3 is 4.74 Å². The van der Waals surface area contributed by atoms with Gasteiger partial charge in [0.15, 0.2) is 0 Å². The molecule has 0 aliphatic carbocycles. The zero-order chi connectivity index (χ0) is 12.3. The highest BCUT2D eigenvalue weighted by molar-refractivity contribution is 5.84. The smallest absolute Gasteiger partial charge is 0.331 e. The second-order valence-electron chi connectivity index (χ2n) is 4.44. The summed E-state index contributed by atoms with van der Waals surface area (Å²) in [5.41, 5.74) is 3.43. The minimum atomic E-state index is -0.243. The summed E-state index contributed by atoms with van der Waals surface area (Å²) in [6.45, 7) is 4.01. The summed E-state index contributed by atoms with van der Waals surface area (Å²) in [5.74, 6) is -0.243. The first-order chi connectivity index (χ1) is 8.13. The molecule has 0 saturated heterocycles. The second kappa shape index (κ2) is 5.00. The summed E-state index contributed by atoms with van der Waals surface area (Å²) in [6.07, 6.45) is 6.15. The number of carbonyl (C=O) groups excluding carboxylic acids is 1. The monoisotopic (exact) mass is 228 g/mol. The van der Waals surface area contributed by atoms with E-state index in [-0.39, 0.29) is 12.1 Å². The average molecular weight is 228 g/mol. The summed E-state index contributed by atoms with van der Waals surface area (Å²) in [7, 11) is 0. The molecule has 2 heteroatoms. The van der Waals surface area contributed by atoms with E-state index >= 15 is 0 Å². The van der Waals surface area contributed by atoms with Gasteiger partial charge in [0.25, 0.3) is 0 Å². The van der Waals surface area contributed by atoms with Gasteiger partial charge in [0, 0.05) is 12.5 Å². The Hall–Kier alpha value is -1.83. The highest BCUT2D eigenvalue weighted by atomic mass is 16.5. The molecule has 1 heterocycles. The largest absolute Gasteiger partial charge is 0.455 e. The maximum Gasteiger partial charge on any atom is 0.331 e. The standard InChI is InChI=1S/C15H16O2/c1-11-3-5-13(6-4-11)7-8-14-9-12(2)10-15(16)17-14/h3-8,10,14H,9H2,1-2H3/b8-7+. The molecule has 1 unspecified atom stereocenters. The van der Waals surface area contributed by atoms with Gasteiger partial charge in [-0.15, -0.1) is 0 Å². The highest BCUT2D eigenvalue weighted by Gasteiger charge is 2.16. The molecule has 88 valence electrons. The van der Waals surface area contributed by atoms with E-state index in [0.29, 0.717) is 0 Å². The van der Waals surface area contributed by atoms with Gasteiger partial charge in [-0.2, -0.15) is 0 Å². The molecule has 0 bridgehead atoms. The van der Waals surface area contributed by atoms with E-state index < -0.39 is 0 Å². The fraction of sp³-hybridized carbons (Fsp3) is 0.267. The lowest BCUT2D eigenvalue weighted by atomic mass is 10.1. The molecule has 0 radical (unpaired) electrons. The van der Waals surface area contributed by atoms with Crippen LogP contribution in [0.1, 0.15) is 24.5 Å². The van der Waals surface area contributed by atoms with Crippen LogP contribution in [0.25, 0.3) is 6.08 Å². The molecule has 0 N–H and O–H groups in total. The molecule has 1 aromatic rings. The number of carbonyl (C=O) groups is 1. The van der Waals surface area contributed by atoms with Crippen molar-refractivity contribution < 1.29 is 9.53 Å². The first-order valence-corrected chi connectivity index (χ1v) is 5.76. The van der Waals surface area contributed by atoms with Crippen LogP contribution in [0.3, 0.4) is 0 Å². The third-order valence-corrected chi connectivity index (χ3v) is 2.74. The van der Waals surface area contributed by atoms with Gasteiger partial charge in [0.05, 0.1) is 0 Å². The van der Waals surface area contributed by atoms with Crippen LogP contribution in [0.2, 0.25) is 0 Å². The molecule has 1 aliphatic heterocycles. The van der Waals surface area contributed by atoms with E-state index in [0.717, 1.165) is 17.6 Å². The number of hydrogen-bond donors (Lipinski definition) is 0. The Bertz CT molecular complexity index is 466. The molecular formula is C15H16O2. The molecular weight excluding hydrogens is 212 g/mol. The Morgan fingerprint density at radius 2 is 1.94 bits per heavy atom. The first-order valence-electron chi connectivity index (χ1n) is 5.76. The highest BCUT2D eigenvalue weighted by Crippen LogP contribution is 2.17. The number of ether oxygens (including phenoxy) is 1. The number of esters is 1. The predicted molar refractivity (Wildman–Crippen MR) is 68.5 cm³/mol. The number of benzene rings is 1. The molecule has 0 spiro atoms. The van der Waals surface area contributed by atoms with E-state index in [1.54, 1.807) is 6.08 Å². The molecule has 1 aromatic carbocycles. The van der Waals surface area contributed by atoms with Crippen LogP contribution in [-0.2, 0) is 9.53 Å². The number of rotatable bonds is 2. The number of aryl methyl sites for hydroxylation is 1. The molecule has 2 rings (SSSR count). The lowest BCUT2D eigenvalue weighted by Gasteiger charge is -2.18. The molecule has 0 amide bonds. The van der Waals surface area contributed by atoms with Crippen LogP contribution in [-0.4, -0.2) is 12.1 Å². The Morgan fingerprint density at radius 1 is 1.24 bits per heavy atom. The van der Waals surface area contributed by atoms with Gasteiger partial charge in [-0.25, -0.2) is 4.79 Å². The Kier molecular flexibility index (Phi) is 3.43. The maximum absolute atomic E-state index is 11.2. The molecule has 17 heavy (non-hydrogen) atoms. The molecule has 0 aromatic heterocycles. The van der Waals surface area contributed by atoms with Crippen molar-refractivity contribution in [3.8, 4) is 0 Å². The molecule has 1 atom stereocenters. The Morgan fingerprint density at radius 3 is 2.59 bits per heavy atom. The number of cyclic esters (lactones) is 1. The Labute approximate surface area is 102 Å². The summed E-state index contributed by atoms with van der Waals surface area (Å²) in [4.78, 5) is 11.2. The first kappa shape index (κ1) is 11.6. The van der Waals surface area contributed by atoms with Crippen molar-refractivity contribution in [2.75, 3.05) is 0 Å². The fourth-order valence-electron chi connectivity index (χ4n) is 1.81. The van der Waals surface area contributed by atoms with Crippen molar-refractivity contribution in [2.24, 2.45) is 0 Å². The predicted octanol–water partition coefficient (Wildman–Crippen LogP) is 3.27. The average Bonchev–Trinajstić information content (AvgIpc) is 2.27. The van der Waals surface area contributed by atoms with E-state index in [4.69, 9.17) is 4.74 Å². The minimum Gasteiger partial charge on any atom is -0.455 e. The normalized spacial score (nSPS) is 20.2. The van der Waals surface area contributed by atoms with E-state index in [9.17, 15) is 4.79 Å². The van der Waals surface area contributed by atoms with Crippen LogP contribution < -0.4 is 0 Å². The summed E-state index contributed by atoms with van der Waals surface area (Å²) < 4.78 is 5.20. The van der Waals surface area contributed by atoms with Crippen molar-refractivity contribution in [1.82, 2.24) is 0 Å². The summed E-state index contributed by atoms with van der Waals surface area (Å²) >= 11 is 0. The van der Waals surface area contributed by atoms with Crippen molar-refractivity contribution in [3.63, 3.8) is 0 Å². The van der Waals surface area contributed by atoms with Gasteiger partial charge in [-0.1, -0.05) is 41.5 Å². The summed E-state index contributed by atoms with van der Waals surface area (Å²) in [5, 5.41) is 0. The maximum atomic E-state index is 11.2. The number of hydrogen-bond acceptors (Lipinski definition) is 2. The van der Waals surface area contributed by atoms with Gasteiger partial charge >= 0.3 is 5.97 Å². The minimum absolute atomic E-state index is 0.131. The van der Waals surface area contributed by atoms with Gasteiger partial charge in [0.2, 0.25) is 0 Å².